The lowest BCUT2D eigenvalue weighted by molar-refractivity contribution is 0.413. The molecule has 0 spiro atoms. The first-order chi connectivity index (χ1) is 22.3. The van der Waals surface area contributed by atoms with Crippen LogP contribution in [-0.4, -0.2) is 5.84 Å². The maximum atomic E-state index is 6.48. The molecular weight excluding hydrogens is 550 g/mol. The molecule has 0 fully saturated rings. The molecule has 4 nitrogen and oxygen atoms in total. The van der Waals surface area contributed by atoms with Crippen LogP contribution in [0.15, 0.2) is 161 Å². The van der Waals surface area contributed by atoms with Crippen LogP contribution in [0.4, 0.5) is 0 Å². The molecule has 0 bridgehead atoms. The summed E-state index contributed by atoms with van der Waals surface area (Å²) in [7, 11) is 0. The Kier molecular flexibility index (Phi) is 6.00. The number of hydrogen-bond donors (Lipinski definition) is 2. The fraction of sp³-hybridized carbons (Fsp3) is 0.0488. The number of fused-ring (bicyclic) bond motifs is 6. The number of furan rings is 1. The Morgan fingerprint density at radius 2 is 1.13 bits per heavy atom. The van der Waals surface area contributed by atoms with E-state index in [-0.39, 0.29) is 12.3 Å². The summed E-state index contributed by atoms with van der Waals surface area (Å²) in [5.74, 6) is 0.854. The van der Waals surface area contributed by atoms with E-state index in [1.165, 1.54) is 27.1 Å². The van der Waals surface area contributed by atoms with Gasteiger partial charge in [0.1, 0.15) is 29.3 Å². The summed E-state index contributed by atoms with van der Waals surface area (Å²) in [4.78, 5) is 5.36. The van der Waals surface area contributed by atoms with Gasteiger partial charge < -0.3 is 9.73 Å². The normalized spacial score (nSPS) is 16.7. The van der Waals surface area contributed by atoms with Crippen LogP contribution >= 0.6 is 0 Å². The number of amidine groups is 1. The molecule has 1 aliphatic heterocycles. The molecular formula is C41H29N3O. The molecule has 0 saturated heterocycles. The molecule has 0 saturated carbocycles. The molecule has 1 aliphatic rings. The van der Waals surface area contributed by atoms with E-state index >= 15 is 0 Å². The molecule has 0 amide bonds. The summed E-state index contributed by atoms with van der Waals surface area (Å²) < 4.78 is 6.48. The largest absolute Gasteiger partial charge is 0.456 e. The van der Waals surface area contributed by atoms with Crippen molar-refractivity contribution in [2.24, 2.45) is 4.99 Å². The second kappa shape index (κ2) is 10.5. The first kappa shape index (κ1) is 25.8. The highest BCUT2D eigenvalue weighted by Gasteiger charge is 2.29. The van der Waals surface area contributed by atoms with E-state index in [0.717, 1.165) is 50.0 Å². The molecule has 4 heteroatoms. The summed E-state index contributed by atoms with van der Waals surface area (Å²) in [6.07, 6.45) is -0.547. The van der Waals surface area contributed by atoms with Gasteiger partial charge in [0.2, 0.25) is 0 Å². The van der Waals surface area contributed by atoms with Crippen LogP contribution in [0.5, 0.6) is 0 Å². The second-order valence-electron chi connectivity index (χ2n) is 11.6. The molecule has 7 aromatic carbocycles. The Hall–Kier alpha value is -5.71. The minimum atomic E-state index is -0.344. The summed E-state index contributed by atoms with van der Waals surface area (Å²) >= 11 is 0. The minimum Gasteiger partial charge on any atom is -0.456 e. The first-order valence-corrected chi connectivity index (χ1v) is 15.4. The van der Waals surface area contributed by atoms with Crippen molar-refractivity contribution in [2.45, 2.75) is 12.3 Å². The van der Waals surface area contributed by atoms with Gasteiger partial charge in [-0.15, -0.1) is 0 Å². The third-order valence-electron chi connectivity index (χ3n) is 8.93. The Balaban J connectivity index is 1.29. The van der Waals surface area contributed by atoms with Gasteiger partial charge in [-0.2, -0.15) is 0 Å². The maximum absolute atomic E-state index is 6.48. The van der Waals surface area contributed by atoms with Gasteiger partial charge in [-0.3, -0.25) is 5.32 Å². The van der Waals surface area contributed by atoms with Crippen molar-refractivity contribution in [2.75, 3.05) is 0 Å². The maximum Gasteiger partial charge on any atom is 0.136 e. The predicted molar refractivity (Wildman–Crippen MR) is 185 cm³/mol. The smallest absolute Gasteiger partial charge is 0.136 e. The number of hydrogen-bond acceptors (Lipinski definition) is 4. The quantitative estimate of drug-likeness (QED) is 0.204. The lowest BCUT2D eigenvalue weighted by Gasteiger charge is -2.33. The molecule has 2 atom stereocenters. The molecule has 9 rings (SSSR count). The molecule has 214 valence electrons. The standard InChI is InChI=1S/C41H29N3O/c1-3-13-26(14-4-1)29-24-35(38-33-21-11-12-22-36(33)45-37(38)25-29)41-43-39(27-15-5-2-6-16-27)42-40(44-41)34-23-28-17-7-8-18-30(28)31-19-9-10-20-32(31)34/h1-25,40-41,44H,(H,42,43). The van der Waals surface area contributed by atoms with Crippen LogP contribution in [0.2, 0.25) is 0 Å². The third-order valence-corrected chi connectivity index (χ3v) is 8.93. The van der Waals surface area contributed by atoms with Crippen LogP contribution in [0.3, 0.4) is 0 Å². The van der Waals surface area contributed by atoms with Crippen LogP contribution in [-0.2, 0) is 0 Å². The summed E-state index contributed by atoms with van der Waals surface area (Å²) in [6.45, 7) is 0. The van der Waals surface area contributed by atoms with Gasteiger partial charge in [0.05, 0.1) is 0 Å². The topological polar surface area (TPSA) is 49.6 Å². The Bertz CT molecular complexity index is 2390. The fourth-order valence-electron chi connectivity index (χ4n) is 6.84. The van der Waals surface area contributed by atoms with Crippen LogP contribution < -0.4 is 10.6 Å². The van der Waals surface area contributed by atoms with E-state index in [0.29, 0.717) is 0 Å². The Morgan fingerprint density at radius 3 is 1.93 bits per heavy atom. The Labute approximate surface area is 260 Å². The zero-order valence-corrected chi connectivity index (χ0v) is 24.4. The van der Waals surface area contributed by atoms with Gasteiger partial charge in [0, 0.05) is 21.9 Å². The highest BCUT2D eigenvalue weighted by Crippen LogP contribution is 2.40. The Morgan fingerprint density at radius 1 is 0.489 bits per heavy atom. The van der Waals surface area contributed by atoms with Gasteiger partial charge in [0.15, 0.2) is 0 Å². The summed E-state index contributed by atoms with van der Waals surface area (Å²) in [5, 5.41) is 14.8. The van der Waals surface area contributed by atoms with Crippen LogP contribution in [0.1, 0.15) is 29.0 Å². The van der Waals surface area contributed by atoms with Crippen molar-refractivity contribution < 1.29 is 4.42 Å². The first-order valence-electron chi connectivity index (χ1n) is 15.4. The van der Waals surface area contributed by atoms with Crippen molar-refractivity contribution in [1.29, 1.82) is 0 Å². The van der Waals surface area contributed by atoms with E-state index < -0.39 is 0 Å². The highest BCUT2D eigenvalue weighted by atomic mass is 16.3. The van der Waals surface area contributed by atoms with Crippen molar-refractivity contribution in [3.05, 3.63) is 168 Å². The molecule has 2 heterocycles. The summed E-state index contributed by atoms with van der Waals surface area (Å²) in [6, 6.07) is 53.3. The molecule has 0 aliphatic carbocycles. The van der Waals surface area contributed by atoms with Gasteiger partial charge in [0.25, 0.3) is 0 Å². The fourth-order valence-corrected chi connectivity index (χ4v) is 6.84. The third kappa shape index (κ3) is 4.38. The monoisotopic (exact) mass is 579 g/mol. The van der Waals surface area contributed by atoms with E-state index in [1.807, 2.05) is 24.3 Å². The molecule has 2 unspecified atom stereocenters. The van der Waals surface area contributed by atoms with E-state index in [9.17, 15) is 0 Å². The number of benzene rings is 7. The highest BCUT2D eigenvalue weighted by molar-refractivity contribution is 6.10. The van der Waals surface area contributed by atoms with Crippen molar-refractivity contribution in [3.63, 3.8) is 0 Å². The van der Waals surface area contributed by atoms with Crippen molar-refractivity contribution in [3.8, 4) is 11.1 Å². The average Bonchev–Trinajstić information content (AvgIpc) is 3.50. The lowest BCUT2D eigenvalue weighted by Crippen LogP contribution is -2.45. The molecule has 1 aromatic heterocycles. The van der Waals surface area contributed by atoms with Gasteiger partial charge >= 0.3 is 0 Å². The summed E-state index contributed by atoms with van der Waals surface area (Å²) in [5.41, 5.74) is 7.29. The van der Waals surface area contributed by atoms with Crippen molar-refractivity contribution in [1.82, 2.24) is 10.6 Å². The molecule has 0 radical (unpaired) electrons. The van der Waals surface area contributed by atoms with Gasteiger partial charge in [-0.1, -0.05) is 127 Å². The number of para-hydroxylation sites is 1. The minimum absolute atomic E-state index is 0.203. The second-order valence-corrected chi connectivity index (χ2v) is 11.6. The predicted octanol–water partition coefficient (Wildman–Crippen LogP) is 9.90. The number of nitrogens with zero attached hydrogens (tertiary/aromatic N) is 1. The zero-order chi connectivity index (χ0) is 29.7. The number of nitrogens with one attached hydrogen (secondary N) is 2. The SMILES string of the molecule is c1ccc(C2=NC(c3cc(-c4ccccc4)cc4oc5ccccc5c34)NC(c3cc4ccccc4c4ccccc34)N2)cc1. The molecule has 45 heavy (non-hydrogen) atoms. The van der Waals surface area contributed by atoms with Gasteiger partial charge in [-0.05, 0) is 62.5 Å². The van der Waals surface area contributed by atoms with E-state index in [1.54, 1.807) is 0 Å². The number of rotatable bonds is 4. The van der Waals surface area contributed by atoms with E-state index in [4.69, 9.17) is 9.41 Å². The zero-order valence-electron chi connectivity index (χ0n) is 24.4. The van der Waals surface area contributed by atoms with E-state index in [2.05, 4.69) is 138 Å². The van der Waals surface area contributed by atoms with Gasteiger partial charge in [-0.25, -0.2) is 4.99 Å². The van der Waals surface area contributed by atoms with Crippen molar-refractivity contribution >= 4 is 49.3 Å². The average molecular weight is 580 g/mol. The molecule has 8 aromatic rings. The number of aliphatic imine (C=N–C) groups is 1. The lowest BCUT2D eigenvalue weighted by atomic mass is 9.94. The van der Waals surface area contributed by atoms with Crippen LogP contribution in [0, 0.1) is 0 Å². The molecule has 2 N–H and O–H groups in total. The van der Waals surface area contributed by atoms with Crippen LogP contribution in [0.25, 0.3) is 54.6 Å².